The first-order valence-corrected chi connectivity index (χ1v) is 4.59. The van der Waals surface area contributed by atoms with Crippen molar-refractivity contribution in [2.75, 3.05) is 0 Å². The molecular formula is C8H7ClF3N3O. The molecule has 8 heteroatoms. The zero-order valence-corrected chi connectivity index (χ0v) is 8.68. The van der Waals surface area contributed by atoms with Crippen LogP contribution >= 0.6 is 11.6 Å². The largest absolute Gasteiger partial charge is 0.435 e. The Hall–Kier alpha value is -1.26. The SMILES string of the molecule is N#CCCn1nc(C(F)(F)F)c(CO)c1Cl. The van der Waals surface area contributed by atoms with Gasteiger partial charge in [-0.15, -0.1) is 0 Å². The van der Waals surface area contributed by atoms with E-state index in [1.54, 1.807) is 6.07 Å². The van der Waals surface area contributed by atoms with Gasteiger partial charge in [0, 0.05) is 5.56 Å². The highest BCUT2D eigenvalue weighted by Gasteiger charge is 2.38. The Labute approximate surface area is 93.9 Å². The second-order valence-electron chi connectivity index (χ2n) is 2.91. The maximum atomic E-state index is 12.4. The number of nitriles is 1. The van der Waals surface area contributed by atoms with Crippen molar-refractivity contribution in [1.29, 1.82) is 5.26 Å². The molecule has 16 heavy (non-hydrogen) atoms. The molecular weight excluding hydrogens is 247 g/mol. The van der Waals surface area contributed by atoms with E-state index >= 15 is 0 Å². The molecule has 0 atom stereocenters. The van der Waals surface area contributed by atoms with Crippen molar-refractivity contribution in [3.05, 3.63) is 16.4 Å². The summed E-state index contributed by atoms with van der Waals surface area (Å²) < 4.78 is 38.2. The van der Waals surface area contributed by atoms with Crippen LogP contribution in [0.5, 0.6) is 0 Å². The number of halogens is 4. The second-order valence-corrected chi connectivity index (χ2v) is 3.26. The van der Waals surface area contributed by atoms with E-state index in [4.69, 9.17) is 22.0 Å². The van der Waals surface area contributed by atoms with E-state index in [2.05, 4.69) is 5.10 Å². The first-order valence-electron chi connectivity index (χ1n) is 4.22. The molecule has 0 unspecified atom stereocenters. The summed E-state index contributed by atoms with van der Waals surface area (Å²) >= 11 is 5.60. The van der Waals surface area contributed by atoms with Gasteiger partial charge in [-0.1, -0.05) is 11.6 Å². The summed E-state index contributed by atoms with van der Waals surface area (Å²) in [4.78, 5) is 0. The van der Waals surface area contributed by atoms with Crippen LogP contribution in [0, 0.1) is 11.3 Å². The Morgan fingerprint density at radius 2 is 2.12 bits per heavy atom. The molecule has 1 heterocycles. The van der Waals surface area contributed by atoms with Gasteiger partial charge < -0.3 is 5.11 Å². The molecule has 0 aliphatic rings. The van der Waals surface area contributed by atoms with Gasteiger partial charge >= 0.3 is 6.18 Å². The smallest absolute Gasteiger partial charge is 0.391 e. The Balaban J connectivity index is 3.16. The first kappa shape index (κ1) is 12.8. The molecule has 0 amide bonds. The monoisotopic (exact) mass is 253 g/mol. The minimum atomic E-state index is -4.67. The third-order valence-electron chi connectivity index (χ3n) is 1.84. The molecule has 0 spiro atoms. The summed E-state index contributed by atoms with van der Waals surface area (Å²) in [5.41, 5.74) is -1.68. The van der Waals surface area contributed by atoms with Gasteiger partial charge in [-0.2, -0.15) is 23.5 Å². The first-order chi connectivity index (χ1) is 7.41. The summed E-state index contributed by atoms with van der Waals surface area (Å²) in [6, 6.07) is 1.77. The minimum Gasteiger partial charge on any atom is -0.391 e. The van der Waals surface area contributed by atoms with E-state index in [1.807, 2.05) is 0 Å². The lowest BCUT2D eigenvalue weighted by molar-refractivity contribution is -0.142. The number of hydrogen-bond acceptors (Lipinski definition) is 3. The van der Waals surface area contributed by atoms with Gasteiger partial charge in [0.15, 0.2) is 5.69 Å². The van der Waals surface area contributed by atoms with Gasteiger partial charge in [-0.3, -0.25) is 4.68 Å². The number of hydrogen-bond donors (Lipinski definition) is 1. The third-order valence-corrected chi connectivity index (χ3v) is 2.27. The van der Waals surface area contributed by atoms with E-state index in [9.17, 15) is 13.2 Å². The van der Waals surface area contributed by atoms with Gasteiger partial charge in [0.1, 0.15) is 5.15 Å². The Bertz CT molecular complexity index is 421. The molecule has 1 aromatic rings. The van der Waals surface area contributed by atoms with E-state index in [1.165, 1.54) is 0 Å². The number of rotatable bonds is 3. The van der Waals surface area contributed by atoms with Gasteiger partial charge in [-0.05, 0) is 0 Å². The van der Waals surface area contributed by atoms with Gasteiger partial charge in [0.25, 0.3) is 0 Å². The molecule has 0 aliphatic heterocycles. The topological polar surface area (TPSA) is 61.8 Å². The average Bonchev–Trinajstić information content (AvgIpc) is 2.51. The maximum Gasteiger partial charge on any atom is 0.435 e. The van der Waals surface area contributed by atoms with Crippen LogP contribution in [-0.4, -0.2) is 14.9 Å². The standard InChI is InChI=1S/C8H7ClF3N3O/c9-7-5(4-16)6(8(10,11)12)14-15(7)3-1-2-13/h16H,1,3-4H2. The van der Waals surface area contributed by atoms with Crippen molar-refractivity contribution in [2.45, 2.75) is 25.7 Å². The van der Waals surface area contributed by atoms with Crippen molar-refractivity contribution < 1.29 is 18.3 Å². The van der Waals surface area contributed by atoms with Crippen molar-refractivity contribution in [3.8, 4) is 6.07 Å². The van der Waals surface area contributed by atoms with E-state index < -0.39 is 24.0 Å². The molecule has 1 aromatic heterocycles. The number of alkyl halides is 3. The molecule has 1 rings (SSSR count). The lowest BCUT2D eigenvalue weighted by Gasteiger charge is -2.03. The molecule has 0 bridgehead atoms. The van der Waals surface area contributed by atoms with E-state index in [0.717, 1.165) is 4.68 Å². The van der Waals surface area contributed by atoms with Crippen LogP contribution in [0.15, 0.2) is 0 Å². The predicted octanol–water partition coefficient (Wildman–Crippen LogP) is 1.96. The molecule has 88 valence electrons. The average molecular weight is 254 g/mol. The van der Waals surface area contributed by atoms with E-state index in [-0.39, 0.29) is 18.1 Å². The predicted molar refractivity (Wildman–Crippen MR) is 48.4 cm³/mol. The third kappa shape index (κ3) is 2.46. The fourth-order valence-electron chi connectivity index (χ4n) is 1.15. The quantitative estimate of drug-likeness (QED) is 0.896. The lowest BCUT2D eigenvalue weighted by Crippen LogP contribution is -2.10. The fourth-order valence-corrected chi connectivity index (χ4v) is 1.42. The lowest BCUT2D eigenvalue weighted by atomic mass is 10.2. The van der Waals surface area contributed by atoms with Crippen molar-refractivity contribution in [1.82, 2.24) is 9.78 Å². The molecule has 0 aliphatic carbocycles. The molecule has 0 radical (unpaired) electrons. The zero-order chi connectivity index (χ0) is 12.3. The summed E-state index contributed by atoms with van der Waals surface area (Å²) in [7, 11) is 0. The van der Waals surface area contributed by atoms with Crippen LogP contribution in [0.3, 0.4) is 0 Å². The molecule has 1 N–H and O–H groups in total. The Morgan fingerprint density at radius 1 is 1.50 bits per heavy atom. The van der Waals surface area contributed by atoms with E-state index in [0.29, 0.717) is 0 Å². The van der Waals surface area contributed by atoms with Crippen LogP contribution in [0.25, 0.3) is 0 Å². The Kier molecular flexibility index (Phi) is 3.78. The Morgan fingerprint density at radius 3 is 2.50 bits per heavy atom. The van der Waals surface area contributed by atoms with Crippen LogP contribution in [0.4, 0.5) is 13.2 Å². The van der Waals surface area contributed by atoms with Gasteiger partial charge in [0.2, 0.25) is 0 Å². The molecule has 0 saturated carbocycles. The van der Waals surface area contributed by atoms with Crippen LogP contribution < -0.4 is 0 Å². The number of aromatic nitrogens is 2. The number of nitrogens with zero attached hydrogens (tertiary/aromatic N) is 3. The summed E-state index contributed by atoms with van der Waals surface area (Å²) in [5, 5.41) is 20.1. The highest BCUT2D eigenvalue weighted by Crippen LogP contribution is 2.34. The fraction of sp³-hybridized carbons (Fsp3) is 0.500. The number of aryl methyl sites for hydroxylation is 1. The minimum absolute atomic E-state index is 0.0104. The summed E-state index contributed by atoms with van der Waals surface area (Å²) in [6.45, 7) is -0.890. The zero-order valence-electron chi connectivity index (χ0n) is 7.92. The van der Waals surface area contributed by atoms with Gasteiger partial charge in [-0.25, -0.2) is 0 Å². The molecule has 0 aromatic carbocycles. The maximum absolute atomic E-state index is 12.4. The van der Waals surface area contributed by atoms with Crippen molar-refractivity contribution >= 4 is 11.6 Å². The molecule has 0 fully saturated rings. The highest BCUT2D eigenvalue weighted by molar-refractivity contribution is 6.30. The normalized spacial score (nSPS) is 11.5. The van der Waals surface area contributed by atoms with Crippen molar-refractivity contribution in [3.63, 3.8) is 0 Å². The summed E-state index contributed by atoms with van der Waals surface area (Å²) in [5.74, 6) is 0. The van der Waals surface area contributed by atoms with Gasteiger partial charge in [0.05, 0.1) is 25.6 Å². The molecule has 0 saturated heterocycles. The number of aliphatic hydroxyl groups excluding tert-OH is 1. The second kappa shape index (κ2) is 4.72. The van der Waals surface area contributed by atoms with Crippen LogP contribution in [0.2, 0.25) is 5.15 Å². The van der Waals surface area contributed by atoms with Crippen LogP contribution in [-0.2, 0) is 19.3 Å². The van der Waals surface area contributed by atoms with Crippen LogP contribution in [0.1, 0.15) is 17.7 Å². The molecule has 4 nitrogen and oxygen atoms in total. The summed E-state index contributed by atoms with van der Waals surface area (Å²) in [6.07, 6.45) is -4.68. The van der Waals surface area contributed by atoms with Crippen molar-refractivity contribution in [2.24, 2.45) is 0 Å². The highest BCUT2D eigenvalue weighted by atomic mass is 35.5. The number of aliphatic hydroxyl groups is 1.